The molecule has 0 aliphatic heterocycles. The first-order valence-electron chi connectivity index (χ1n) is 5.82. The second-order valence-corrected chi connectivity index (χ2v) is 4.44. The standard InChI is InChI=1S/C12H20N2O2/c1-4-10(2)14(7-8-16-3)11(15)12(9-13)5-6-12/h10H,4-8H2,1-3H3. The predicted octanol–water partition coefficient (Wildman–Crippen LogP) is 1.56. The summed E-state index contributed by atoms with van der Waals surface area (Å²) in [6.45, 7) is 5.16. The van der Waals surface area contributed by atoms with Crippen molar-refractivity contribution < 1.29 is 9.53 Å². The van der Waals surface area contributed by atoms with Crippen LogP contribution in [-0.4, -0.2) is 37.1 Å². The topological polar surface area (TPSA) is 53.3 Å². The summed E-state index contributed by atoms with van der Waals surface area (Å²) in [7, 11) is 1.62. The van der Waals surface area contributed by atoms with Gasteiger partial charge in [0.25, 0.3) is 0 Å². The lowest BCUT2D eigenvalue weighted by Gasteiger charge is -2.30. The number of carbonyl (C=O) groups excluding carboxylic acids is 1. The first-order valence-corrected chi connectivity index (χ1v) is 5.82. The Bertz CT molecular complexity index is 292. The van der Waals surface area contributed by atoms with E-state index in [-0.39, 0.29) is 11.9 Å². The van der Waals surface area contributed by atoms with Gasteiger partial charge in [-0.05, 0) is 26.2 Å². The number of hydrogen-bond donors (Lipinski definition) is 0. The van der Waals surface area contributed by atoms with Gasteiger partial charge >= 0.3 is 0 Å². The highest BCUT2D eigenvalue weighted by Gasteiger charge is 2.52. The van der Waals surface area contributed by atoms with E-state index in [0.29, 0.717) is 26.0 Å². The van der Waals surface area contributed by atoms with Gasteiger partial charge in [-0.3, -0.25) is 4.79 Å². The molecule has 1 rings (SSSR count). The lowest BCUT2D eigenvalue weighted by atomic mass is 10.1. The molecule has 0 heterocycles. The molecule has 0 bridgehead atoms. The van der Waals surface area contributed by atoms with Crippen molar-refractivity contribution in [2.24, 2.45) is 5.41 Å². The highest BCUT2D eigenvalue weighted by molar-refractivity contribution is 5.88. The van der Waals surface area contributed by atoms with Gasteiger partial charge in [0.1, 0.15) is 5.41 Å². The number of ether oxygens (including phenoxy) is 1. The maximum absolute atomic E-state index is 12.2. The number of methoxy groups -OCH3 is 1. The van der Waals surface area contributed by atoms with Crippen LogP contribution in [0, 0.1) is 16.7 Å². The Morgan fingerprint density at radius 1 is 1.62 bits per heavy atom. The van der Waals surface area contributed by atoms with E-state index in [0.717, 1.165) is 6.42 Å². The summed E-state index contributed by atoms with van der Waals surface area (Å²) < 4.78 is 5.01. The summed E-state index contributed by atoms with van der Waals surface area (Å²) in [5.74, 6) is -0.0126. The van der Waals surface area contributed by atoms with Crippen LogP contribution < -0.4 is 0 Å². The number of amides is 1. The quantitative estimate of drug-likeness (QED) is 0.688. The summed E-state index contributed by atoms with van der Waals surface area (Å²) in [4.78, 5) is 14.0. The van der Waals surface area contributed by atoms with Crippen LogP contribution in [-0.2, 0) is 9.53 Å². The molecule has 1 atom stereocenters. The molecule has 1 amide bonds. The summed E-state index contributed by atoms with van der Waals surface area (Å²) in [6.07, 6.45) is 2.32. The summed E-state index contributed by atoms with van der Waals surface area (Å²) in [5.41, 5.74) is -0.711. The molecule has 0 N–H and O–H groups in total. The van der Waals surface area contributed by atoms with Crippen molar-refractivity contribution in [2.75, 3.05) is 20.3 Å². The molecule has 1 saturated carbocycles. The van der Waals surface area contributed by atoms with E-state index in [1.807, 2.05) is 13.8 Å². The van der Waals surface area contributed by atoms with Crippen molar-refractivity contribution in [3.63, 3.8) is 0 Å². The highest BCUT2D eigenvalue weighted by Crippen LogP contribution is 2.46. The minimum absolute atomic E-state index is 0.0126. The van der Waals surface area contributed by atoms with Gasteiger partial charge < -0.3 is 9.64 Å². The van der Waals surface area contributed by atoms with Crippen molar-refractivity contribution in [1.82, 2.24) is 4.90 Å². The lowest BCUT2D eigenvalue weighted by molar-refractivity contribution is -0.137. The van der Waals surface area contributed by atoms with Crippen molar-refractivity contribution in [2.45, 2.75) is 39.2 Å². The molecule has 0 aromatic heterocycles. The van der Waals surface area contributed by atoms with Crippen molar-refractivity contribution >= 4 is 5.91 Å². The second-order valence-electron chi connectivity index (χ2n) is 4.44. The molecular weight excluding hydrogens is 204 g/mol. The molecule has 1 unspecified atom stereocenters. The predicted molar refractivity (Wildman–Crippen MR) is 60.6 cm³/mol. The fourth-order valence-electron chi connectivity index (χ4n) is 1.71. The molecule has 4 nitrogen and oxygen atoms in total. The molecule has 1 aliphatic carbocycles. The smallest absolute Gasteiger partial charge is 0.243 e. The molecule has 0 aromatic rings. The minimum atomic E-state index is -0.711. The van der Waals surface area contributed by atoms with Gasteiger partial charge in [0.2, 0.25) is 5.91 Å². The monoisotopic (exact) mass is 224 g/mol. The maximum atomic E-state index is 12.2. The van der Waals surface area contributed by atoms with E-state index in [4.69, 9.17) is 10.00 Å². The van der Waals surface area contributed by atoms with E-state index in [1.165, 1.54) is 0 Å². The zero-order valence-electron chi connectivity index (χ0n) is 10.3. The third-order valence-electron chi connectivity index (χ3n) is 3.29. The van der Waals surface area contributed by atoms with E-state index in [1.54, 1.807) is 12.0 Å². The normalized spacial score (nSPS) is 18.6. The maximum Gasteiger partial charge on any atom is 0.243 e. The Balaban J connectivity index is 2.69. The molecule has 0 radical (unpaired) electrons. The van der Waals surface area contributed by atoms with Crippen molar-refractivity contribution in [1.29, 1.82) is 5.26 Å². The first kappa shape index (κ1) is 13.0. The highest BCUT2D eigenvalue weighted by atomic mass is 16.5. The molecule has 1 aliphatic rings. The van der Waals surface area contributed by atoms with Crippen LogP contribution in [0.4, 0.5) is 0 Å². The zero-order valence-corrected chi connectivity index (χ0v) is 10.3. The van der Waals surface area contributed by atoms with Crippen LogP contribution >= 0.6 is 0 Å². The molecule has 0 aromatic carbocycles. The average molecular weight is 224 g/mol. The summed E-state index contributed by atoms with van der Waals surface area (Å²) >= 11 is 0. The van der Waals surface area contributed by atoms with Crippen LogP contribution in [0.1, 0.15) is 33.1 Å². The largest absolute Gasteiger partial charge is 0.383 e. The van der Waals surface area contributed by atoms with E-state index in [9.17, 15) is 4.79 Å². The SMILES string of the molecule is CCC(C)N(CCOC)C(=O)C1(C#N)CC1. The third-order valence-corrected chi connectivity index (χ3v) is 3.29. The zero-order chi connectivity index (χ0) is 12.2. The van der Waals surface area contributed by atoms with E-state index < -0.39 is 5.41 Å². The molecule has 16 heavy (non-hydrogen) atoms. The van der Waals surface area contributed by atoms with Gasteiger partial charge in [0, 0.05) is 19.7 Å². The van der Waals surface area contributed by atoms with Gasteiger partial charge in [-0.1, -0.05) is 6.92 Å². The molecule has 0 saturated heterocycles. The summed E-state index contributed by atoms with van der Waals surface area (Å²) in [5, 5.41) is 9.03. The third kappa shape index (κ3) is 2.53. The molecular formula is C12H20N2O2. The molecule has 0 spiro atoms. The number of nitrogens with zero attached hydrogens (tertiary/aromatic N) is 2. The van der Waals surface area contributed by atoms with Crippen LogP contribution in [0.15, 0.2) is 0 Å². The lowest BCUT2D eigenvalue weighted by Crippen LogP contribution is -2.44. The van der Waals surface area contributed by atoms with Crippen LogP contribution in [0.25, 0.3) is 0 Å². The van der Waals surface area contributed by atoms with Crippen LogP contribution in [0.2, 0.25) is 0 Å². The number of hydrogen-bond acceptors (Lipinski definition) is 3. The van der Waals surface area contributed by atoms with Crippen molar-refractivity contribution in [3.05, 3.63) is 0 Å². The second kappa shape index (κ2) is 5.31. The minimum Gasteiger partial charge on any atom is -0.383 e. The number of carbonyl (C=O) groups is 1. The molecule has 4 heteroatoms. The molecule has 1 fully saturated rings. The fraction of sp³-hybridized carbons (Fsp3) is 0.833. The number of rotatable bonds is 6. The molecule has 90 valence electrons. The van der Waals surface area contributed by atoms with E-state index >= 15 is 0 Å². The van der Waals surface area contributed by atoms with Gasteiger partial charge in [-0.25, -0.2) is 0 Å². The van der Waals surface area contributed by atoms with Crippen molar-refractivity contribution in [3.8, 4) is 6.07 Å². The van der Waals surface area contributed by atoms with E-state index in [2.05, 4.69) is 6.07 Å². The van der Waals surface area contributed by atoms with Crippen LogP contribution in [0.5, 0.6) is 0 Å². The van der Waals surface area contributed by atoms with Crippen LogP contribution in [0.3, 0.4) is 0 Å². The Morgan fingerprint density at radius 2 is 2.25 bits per heavy atom. The Morgan fingerprint density at radius 3 is 2.62 bits per heavy atom. The Labute approximate surface area is 97.2 Å². The Hall–Kier alpha value is -1.08. The average Bonchev–Trinajstić information content (AvgIpc) is 3.09. The van der Waals surface area contributed by atoms with Gasteiger partial charge in [-0.15, -0.1) is 0 Å². The van der Waals surface area contributed by atoms with Gasteiger partial charge in [0.15, 0.2) is 0 Å². The summed E-state index contributed by atoms with van der Waals surface area (Å²) in [6, 6.07) is 2.33. The number of nitriles is 1. The Kier molecular flexibility index (Phi) is 4.31. The first-order chi connectivity index (χ1) is 7.61. The van der Waals surface area contributed by atoms with Gasteiger partial charge in [0.05, 0.1) is 12.7 Å². The fourth-order valence-corrected chi connectivity index (χ4v) is 1.71. The van der Waals surface area contributed by atoms with Gasteiger partial charge in [-0.2, -0.15) is 5.26 Å².